The highest BCUT2D eigenvalue weighted by atomic mass is 16.6. The van der Waals surface area contributed by atoms with Gasteiger partial charge in [-0.2, -0.15) is 0 Å². The van der Waals surface area contributed by atoms with Crippen LogP contribution in [-0.4, -0.2) is 64.0 Å². The number of carboxylic acid groups (broad SMARTS) is 1. The lowest BCUT2D eigenvalue weighted by Crippen LogP contribution is -3.14. The Hall–Kier alpha value is -1.67. The first kappa shape index (κ1) is 32.3. The third kappa shape index (κ3) is 18.7. The van der Waals surface area contributed by atoms with Crippen LogP contribution in [-0.2, 0) is 28.6 Å². The van der Waals surface area contributed by atoms with Gasteiger partial charge in [-0.05, 0) is 26.7 Å². The molecule has 200 valence electrons. The molecule has 8 nitrogen and oxygen atoms in total. The Bertz CT molecular complexity index is 545. The Kier molecular flexibility index (Phi) is 19.7. The number of carbonyl (C=O) groups is 3. The number of morpholine rings is 1. The van der Waals surface area contributed by atoms with Gasteiger partial charge in [-0.3, -0.25) is 9.59 Å². The zero-order valence-electron chi connectivity index (χ0n) is 22.1. The fourth-order valence-electron chi connectivity index (χ4n) is 3.34. The van der Waals surface area contributed by atoms with Crippen LogP contribution < -0.4 is 10.0 Å². The van der Waals surface area contributed by atoms with Crippen LogP contribution in [0.15, 0.2) is 0 Å². The quantitative estimate of drug-likeness (QED) is 0.247. The SMILES string of the molecule is CCC(C)(C)C(=O)OCC(=O)[O-].CCCCCCCCCCCC(=O)OCC[NH+]1CCOCC1. The molecule has 1 N–H and O–H groups in total. The lowest BCUT2D eigenvalue weighted by atomic mass is 9.91. The van der Waals surface area contributed by atoms with E-state index in [9.17, 15) is 19.5 Å². The first-order valence-corrected chi connectivity index (χ1v) is 13.2. The summed E-state index contributed by atoms with van der Waals surface area (Å²) in [6.07, 6.45) is 12.7. The van der Waals surface area contributed by atoms with E-state index in [0.717, 1.165) is 45.7 Å². The first-order chi connectivity index (χ1) is 16.2. The summed E-state index contributed by atoms with van der Waals surface area (Å²) in [6, 6.07) is 0. The van der Waals surface area contributed by atoms with E-state index >= 15 is 0 Å². The van der Waals surface area contributed by atoms with Crippen molar-refractivity contribution in [3.8, 4) is 0 Å². The number of carbonyl (C=O) groups excluding carboxylic acids is 3. The highest BCUT2D eigenvalue weighted by Crippen LogP contribution is 2.21. The molecule has 0 unspecified atom stereocenters. The Morgan fingerprint density at radius 1 is 0.882 bits per heavy atom. The molecular weight excluding hydrogens is 438 g/mol. The Morgan fingerprint density at radius 2 is 1.44 bits per heavy atom. The van der Waals surface area contributed by atoms with E-state index < -0.39 is 24.0 Å². The summed E-state index contributed by atoms with van der Waals surface area (Å²) < 4.78 is 15.1. The number of hydrogen-bond acceptors (Lipinski definition) is 7. The molecule has 1 rings (SSSR count). The minimum absolute atomic E-state index is 0.0180. The van der Waals surface area contributed by atoms with Gasteiger partial charge in [0.25, 0.3) is 0 Å². The van der Waals surface area contributed by atoms with Crippen molar-refractivity contribution >= 4 is 17.9 Å². The summed E-state index contributed by atoms with van der Waals surface area (Å²) in [7, 11) is 0. The number of aliphatic carboxylic acids is 1. The Balaban J connectivity index is 0.000000770. The highest BCUT2D eigenvalue weighted by Gasteiger charge is 2.26. The average Bonchev–Trinajstić information content (AvgIpc) is 2.82. The lowest BCUT2D eigenvalue weighted by molar-refractivity contribution is -0.908. The standard InChI is InChI=1S/C18H35NO3.C8H14O4/c1-2-3-4-5-6-7-8-9-10-11-18(20)22-17-14-19-12-15-21-16-13-19;1-4-8(2,3)7(11)12-5-6(9)10/h2-17H2,1H3;4-5H2,1-3H3,(H,9,10). The van der Waals surface area contributed by atoms with Gasteiger partial charge in [-0.1, -0.05) is 65.2 Å². The summed E-state index contributed by atoms with van der Waals surface area (Å²) in [5, 5.41) is 9.93. The van der Waals surface area contributed by atoms with Gasteiger partial charge in [0.2, 0.25) is 0 Å². The molecule has 0 atom stereocenters. The van der Waals surface area contributed by atoms with E-state index in [1.165, 1.54) is 49.8 Å². The normalized spacial score (nSPS) is 14.1. The maximum atomic E-state index is 11.6. The maximum Gasteiger partial charge on any atom is 0.311 e. The molecule has 1 fully saturated rings. The molecule has 0 bridgehead atoms. The molecule has 0 saturated carbocycles. The molecule has 0 aromatic heterocycles. The van der Waals surface area contributed by atoms with Crippen molar-refractivity contribution < 1.29 is 38.6 Å². The van der Waals surface area contributed by atoms with Crippen LogP contribution in [0.3, 0.4) is 0 Å². The largest absolute Gasteiger partial charge is 0.546 e. The van der Waals surface area contributed by atoms with Crippen molar-refractivity contribution in [2.45, 2.75) is 98.3 Å². The monoisotopic (exact) mass is 487 g/mol. The van der Waals surface area contributed by atoms with E-state index in [1.54, 1.807) is 13.8 Å². The fourth-order valence-corrected chi connectivity index (χ4v) is 3.34. The molecule has 0 aromatic rings. The highest BCUT2D eigenvalue weighted by molar-refractivity contribution is 5.78. The summed E-state index contributed by atoms with van der Waals surface area (Å²) in [5.74, 6) is -1.90. The van der Waals surface area contributed by atoms with Crippen molar-refractivity contribution in [2.75, 3.05) is 46.1 Å². The minimum Gasteiger partial charge on any atom is -0.546 e. The zero-order chi connectivity index (χ0) is 25.7. The number of nitrogens with one attached hydrogen (secondary N) is 1. The third-order valence-electron chi connectivity index (χ3n) is 6.16. The van der Waals surface area contributed by atoms with Crippen LogP contribution in [0.5, 0.6) is 0 Å². The summed E-state index contributed by atoms with van der Waals surface area (Å²) in [5.41, 5.74) is -0.616. The van der Waals surface area contributed by atoms with E-state index in [2.05, 4.69) is 11.7 Å². The van der Waals surface area contributed by atoms with Crippen LogP contribution in [0.1, 0.15) is 98.3 Å². The van der Waals surface area contributed by atoms with Crippen molar-refractivity contribution in [3.63, 3.8) is 0 Å². The average molecular weight is 488 g/mol. The first-order valence-electron chi connectivity index (χ1n) is 13.2. The zero-order valence-corrected chi connectivity index (χ0v) is 22.1. The fraction of sp³-hybridized carbons (Fsp3) is 0.885. The number of rotatable bonds is 17. The van der Waals surface area contributed by atoms with Crippen molar-refractivity contribution in [2.24, 2.45) is 5.41 Å². The van der Waals surface area contributed by atoms with Gasteiger partial charge >= 0.3 is 11.9 Å². The summed E-state index contributed by atoms with van der Waals surface area (Å²) in [6.45, 7) is 12.0. The molecular formula is C26H49NO7. The second kappa shape index (κ2) is 20.7. The molecule has 0 spiro atoms. The number of ether oxygens (including phenoxy) is 3. The molecule has 0 aliphatic carbocycles. The predicted octanol–water partition coefficient (Wildman–Crippen LogP) is 2.08. The van der Waals surface area contributed by atoms with E-state index in [1.807, 2.05) is 6.92 Å². The maximum absolute atomic E-state index is 11.6. The second-order valence-electron chi connectivity index (χ2n) is 9.60. The van der Waals surface area contributed by atoms with E-state index in [-0.39, 0.29) is 5.97 Å². The Morgan fingerprint density at radius 3 is 1.97 bits per heavy atom. The number of quaternary nitrogens is 1. The van der Waals surface area contributed by atoms with Crippen LogP contribution in [0.4, 0.5) is 0 Å². The molecule has 1 heterocycles. The molecule has 0 radical (unpaired) electrons. The summed E-state index contributed by atoms with van der Waals surface area (Å²) in [4.78, 5) is 34.1. The molecule has 1 saturated heterocycles. The number of esters is 2. The van der Waals surface area contributed by atoms with E-state index in [0.29, 0.717) is 19.4 Å². The molecule has 0 amide bonds. The lowest BCUT2D eigenvalue weighted by Gasteiger charge is -2.23. The van der Waals surface area contributed by atoms with Gasteiger partial charge in [0.15, 0.2) is 0 Å². The Labute approximate surface area is 206 Å². The topological polar surface area (TPSA) is 106 Å². The van der Waals surface area contributed by atoms with Gasteiger partial charge in [-0.15, -0.1) is 0 Å². The molecule has 1 aliphatic rings. The molecule has 8 heteroatoms. The number of carboxylic acids is 1. The van der Waals surface area contributed by atoms with Crippen molar-refractivity contribution in [1.82, 2.24) is 0 Å². The van der Waals surface area contributed by atoms with Crippen molar-refractivity contribution in [1.29, 1.82) is 0 Å². The summed E-state index contributed by atoms with van der Waals surface area (Å²) >= 11 is 0. The van der Waals surface area contributed by atoms with Crippen LogP contribution in [0.2, 0.25) is 0 Å². The number of unbranched alkanes of at least 4 members (excludes halogenated alkanes) is 8. The van der Waals surface area contributed by atoms with E-state index in [4.69, 9.17) is 9.47 Å². The number of hydrogen-bond donors (Lipinski definition) is 1. The van der Waals surface area contributed by atoms with Crippen LogP contribution >= 0.6 is 0 Å². The van der Waals surface area contributed by atoms with Crippen LogP contribution in [0.25, 0.3) is 0 Å². The minimum atomic E-state index is -1.38. The molecule has 34 heavy (non-hydrogen) atoms. The third-order valence-corrected chi connectivity index (χ3v) is 6.16. The van der Waals surface area contributed by atoms with Gasteiger partial charge in [0.1, 0.15) is 32.8 Å². The predicted molar refractivity (Wildman–Crippen MR) is 129 cm³/mol. The van der Waals surface area contributed by atoms with Crippen molar-refractivity contribution in [3.05, 3.63) is 0 Å². The van der Waals surface area contributed by atoms with Gasteiger partial charge in [0.05, 0.1) is 24.6 Å². The van der Waals surface area contributed by atoms with Crippen LogP contribution in [0, 0.1) is 5.41 Å². The van der Waals surface area contributed by atoms with Gasteiger partial charge in [-0.25, -0.2) is 0 Å². The molecule has 0 aromatic carbocycles. The smallest absolute Gasteiger partial charge is 0.311 e. The van der Waals surface area contributed by atoms with Gasteiger partial charge < -0.3 is 29.0 Å². The molecule has 1 aliphatic heterocycles. The second-order valence-corrected chi connectivity index (χ2v) is 9.60. The van der Waals surface area contributed by atoms with Gasteiger partial charge in [0, 0.05) is 6.42 Å².